The van der Waals surface area contributed by atoms with Gasteiger partial charge in [0.2, 0.25) is 0 Å². The highest BCUT2D eigenvalue weighted by Crippen LogP contribution is 2.14. The van der Waals surface area contributed by atoms with Crippen molar-refractivity contribution < 1.29 is 4.79 Å². The number of H-pyrrole nitrogens is 1. The van der Waals surface area contributed by atoms with Crippen LogP contribution in [0.4, 0.5) is 5.82 Å². The number of thiocarbonyl (C=S) groups is 1. The van der Waals surface area contributed by atoms with Crippen LogP contribution in [0, 0.1) is 0 Å². The number of aromatic amines is 1. The van der Waals surface area contributed by atoms with Gasteiger partial charge in [-0.15, -0.1) is 0 Å². The molecule has 0 atom stereocenters. The highest BCUT2D eigenvalue weighted by atomic mass is 32.1. The van der Waals surface area contributed by atoms with Gasteiger partial charge in [0.05, 0.1) is 11.8 Å². The summed E-state index contributed by atoms with van der Waals surface area (Å²) in [6.45, 7) is 0. The van der Waals surface area contributed by atoms with Gasteiger partial charge in [-0.25, -0.2) is 0 Å². The molecular weight excluding hydrogens is 266 g/mol. The second-order valence-electron chi connectivity index (χ2n) is 3.77. The van der Waals surface area contributed by atoms with Gasteiger partial charge < -0.3 is 16.0 Å². The van der Waals surface area contributed by atoms with E-state index in [1.165, 1.54) is 29.3 Å². The standard InChI is InChI=1S/C11H11N5O2S/c1-16-10(7(5-14-16)9(12)19)15-11(18)6-4-13-3-2-8(6)17/h2-5H,1H3,(H2,12,19)(H,13,17)(H,15,18). The Hall–Kier alpha value is -2.48. The van der Waals surface area contributed by atoms with E-state index in [9.17, 15) is 9.59 Å². The van der Waals surface area contributed by atoms with Crippen molar-refractivity contribution in [3.8, 4) is 0 Å². The lowest BCUT2D eigenvalue weighted by molar-refractivity contribution is 0.102. The topological polar surface area (TPSA) is 106 Å². The van der Waals surface area contributed by atoms with Crippen molar-refractivity contribution in [2.24, 2.45) is 12.8 Å². The van der Waals surface area contributed by atoms with Gasteiger partial charge in [-0.3, -0.25) is 14.3 Å². The number of hydrogen-bond acceptors (Lipinski definition) is 4. The van der Waals surface area contributed by atoms with Crippen LogP contribution in [0.5, 0.6) is 0 Å². The molecule has 0 radical (unpaired) electrons. The Bertz CT molecular complexity index is 703. The number of nitrogens with one attached hydrogen (secondary N) is 2. The molecule has 7 nitrogen and oxygen atoms in total. The third kappa shape index (κ3) is 2.52. The first-order valence-electron chi connectivity index (χ1n) is 5.31. The van der Waals surface area contributed by atoms with E-state index in [-0.39, 0.29) is 16.0 Å². The maximum Gasteiger partial charge on any atom is 0.262 e. The molecule has 0 bridgehead atoms. The van der Waals surface area contributed by atoms with Crippen LogP contribution >= 0.6 is 12.2 Å². The summed E-state index contributed by atoms with van der Waals surface area (Å²) in [4.78, 5) is 26.3. The number of nitrogens with zero attached hydrogens (tertiary/aromatic N) is 2. The average molecular weight is 277 g/mol. The van der Waals surface area contributed by atoms with E-state index >= 15 is 0 Å². The molecule has 1 amide bonds. The number of hydrogen-bond donors (Lipinski definition) is 3. The first kappa shape index (κ1) is 13.0. The van der Waals surface area contributed by atoms with Crippen LogP contribution < -0.4 is 16.5 Å². The summed E-state index contributed by atoms with van der Waals surface area (Å²) >= 11 is 4.86. The number of nitrogens with two attached hydrogens (primary N) is 1. The van der Waals surface area contributed by atoms with Crippen LogP contribution in [-0.2, 0) is 7.05 Å². The third-order valence-electron chi connectivity index (χ3n) is 2.50. The lowest BCUT2D eigenvalue weighted by Gasteiger charge is -2.07. The average Bonchev–Trinajstić information content (AvgIpc) is 2.71. The molecule has 0 aromatic carbocycles. The molecule has 2 aromatic rings. The van der Waals surface area contributed by atoms with Gasteiger partial charge in [0, 0.05) is 25.5 Å². The van der Waals surface area contributed by atoms with Crippen molar-refractivity contribution in [3.05, 3.63) is 46.0 Å². The van der Waals surface area contributed by atoms with Gasteiger partial charge in [0.15, 0.2) is 5.43 Å². The van der Waals surface area contributed by atoms with E-state index in [2.05, 4.69) is 15.4 Å². The molecule has 0 aliphatic heterocycles. The molecule has 2 heterocycles. The van der Waals surface area contributed by atoms with Gasteiger partial charge in [-0.2, -0.15) is 5.10 Å². The van der Waals surface area contributed by atoms with Crippen LogP contribution in [0.3, 0.4) is 0 Å². The molecule has 8 heteroatoms. The molecule has 0 aliphatic rings. The van der Waals surface area contributed by atoms with Crippen molar-refractivity contribution in [2.75, 3.05) is 5.32 Å². The second-order valence-corrected chi connectivity index (χ2v) is 4.21. The normalized spacial score (nSPS) is 10.2. The fraction of sp³-hybridized carbons (Fsp3) is 0.0909. The molecule has 98 valence electrons. The number of anilines is 1. The fourth-order valence-corrected chi connectivity index (χ4v) is 1.68. The molecule has 0 saturated carbocycles. The molecule has 0 saturated heterocycles. The van der Waals surface area contributed by atoms with E-state index in [1.807, 2.05) is 0 Å². The first-order valence-corrected chi connectivity index (χ1v) is 5.72. The number of aromatic nitrogens is 3. The Morgan fingerprint density at radius 3 is 2.89 bits per heavy atom. The van der Waals surface area contributed by atoms with Crippen molar-refractivity contribution in [1.29, 1.82) is 0 Å². The summed E-state index contributed by atoms with van der Waals surface area (Å²) in [6, 6.07) is 1.27. The smallest absolute Gasteiger partial charge is 0.262 e. The maximum atomic E-state index is 12.0. The van der Waals surface area contributed by atoms with E-state index in [0.29, 0.717) is 11.4 Å². The van der Waals surface area contributed by atoms with Gasteiger partial charge in [-0.05, 0) is 0 Å². The minimum atomic E-state index is -0.553. The van der Waals surface area contributed by atoms with Gasteiger partial charge in [-0.1, -0.05) is 12.2 Å². The Kier molecular flexibility index (Phi) is 3.43. The monoisotopic (exact) mass is 277 g/mol. The quantitative estimate of drug-likeness (QED) is 0.684. The molecular formula is C11H11N5O2S. The minimum Gasteiger partial charge on any atom is -0.389 e. The van der Waals surface area contributed by atoms with Crippen molar-refractivity contribution >= 4 is 28.9 Å². The van der Waals surface area contributed by atoms with Crippen LogP contribution in [-0.4, -0.2) is 25.7 Å². The number of amides is 1. The predicted octanol–water partition coefficient (Wildman–Crippen LogP) is -0.00510. The lowest BCUT2D eigenvalue weighted by atomic mass is 10.2. The number of carbonyl (C=O) groups excluding carboxylic acids is 1. The maximum absolute atomic E-state index is 12.0. The van der Waals surface area contributed by atoms with Crippen molar-refractivity contribution in [2.45, 2.75) is 0 Å². The first-order chi connectivity index (χ1) is 9.00. The fourth-order valence-electron chi connectivity index (χ4n) is 1.53. The summed E-state index contributed by atoms with van der Waals surface area (Å²) in [6.07, 6.45) is 4.23. The number of rotatable bonds is 3. The number of carbonyl (C=O) groups is 1. The zero-order valence-electron chi connectivity index (χ0n) is 10.0. The molecule has 0 aliphatic carbocycles. The summed E-state index contributed by atoms with van der Waals surface area (Å²) in [5, 5.41) is 6.53. The number of aryl methyl sites for hydroxylation is 1. The largest absolute Gasteiger partial charge is 0.389 e. The van der Waals surface area contributed by atoms with E-state index in [4.69, 9.17) is 18.0 Å². The van der Waals surface area contributed by atoms with Gasteiger partial charge in [0.25, 0.3) is 5.91 Å². The van der Waals surface area contributed by atoms with Gasteiger partial charge >= 0.3 is 0 Å². The number of pyridine rings is 1. The Morgan fingerprint density at radius 2 is 2.26 bits per heavy atom. The zero-order valence-corrected chi connectivity index (χ0v) is 10.8. The van der Waals surface area contributed by atoms with Crippen LogP contribution in [0.1, 0.15) is 15.9 Å². The molecule has 19 heavy (non-hydrogen) atoms. The predicted molar refractivity (Wildman–Crippen MR) is 74.1 cm³/mol. The Balaban J connectivity index is 2.35. The molecule has 2 rings (SSSR count). The van der Waals surface area contributed by atoms with Crippen LogP contribution in [0.15, 0.2) is 29.5 Å². The summed E-state index contributed by atoms with van der Waals surface area (Å²) < 4.78 is 1.42. The highest BCUT2D eigenvalue weighted by Gasteiger charge is 2.16. The molecule has 0 fully saturated rings. The van der Waals surface area contributed by atoms with E-state index in [1.54, 1.807) is 7.05 Å². The minimum absolute atomic E-state index is 0.00223. The Morgan fingerprint density at radius 1 is 1.53 bits per heavy atom. The summed E-state index contributed by atoms with van der Waals surface area (Å²) in [7, 11) is 1.63. The molecule has 2 aromatic heterocycles. The summed E-state index contributed by atoms with van der Waals surface area (Å²) in [5.74, 6) is -0.205. The van der Waals surface area contributed by atoms with Crippen molar-refractivity contribution in [3.63, 3.8) is 0 Å². The second kappa shape index (κ2) is 5.02. The molecule has 4 N–H and O–H groups in total. The summed E-state index contributed by atoms with van der Waals surface area (Å²) in [5.41, 5.74) is 5.59. The molecule has 0 unspecified atom stereocenters. The van der Waals surface area contributed by atoms with Gasteiger partial charge in [0.1, 0.15) is 16.4 Å². The Labute approximate surface area is 113 Å². The third-order valence-corrected chi connectivity index (χ3v) is 2.72. The van der Waals surface area contributed by atoms with Crippen molar-refractivity contribution in [1.82, 2.24) is 14.8 Å². The van der Waals surface area contributed by atoms with E-state index < -0.39 is 5.91 Å². The van der Waals surface area contributed by atoms with Crippen LogP contribution in [0.25, 0.3) is 0 Å². The zero-order chi connectivity index (χ0) is 14.0. The lowest BCUT2D eigenvalue weighted by Crippen LogP contribution is -2.23. The van der Waals surface area contributed by atoms with Crippen LogP contribution in [0.2, 0.25) is 0 Å². The molecule has 0 spiro atoms. The SMILES string of the molecule is Cn1ncc(C(N)=S)c1NC(=O)c1c[nH]ccc1=O. The van der Waals surface area contributed by atoms with E-state index in [0.717, 1.165) is 0 Å². The highest BCUT2D eigenvalue weighted by molar-refractivity contribution is 7.80.